The van der Waals surface area contributed by atoms with Crippen LogP contribution in [0.2, 0.25) is 0 Å². The Bertz CT molecular complexity index is 634. The normalized spacial score (nSPS) is 11.9. The first-order chi connectivity index (χ1) is 9.54. The monoisotopic (exact) mass is 352 g/mol. The quantitative estimate of drug-likeness (QED) is 0.804. The average molecular weight is 353 g/mol. The van der Waals surface area contributed by atoms with Crippen LogP contribution in [0.3, 0.4) is 0 Å². The lowest BCUT2D eigenvalue weighted by molar-refractivity contribution is 0.599. The lowest BCUT2D eigenvalue weighted by Gasteiger charge is -2.27. The molecule has 0 aliphatic heterocycles. The van der Waals surface area contributed by atoms with Crippen LogP contribution < -0.4 is 4.90 Å². The van der Waals surface area contributed by atoms with Crippen LogP contribution in [0, 0.1) is 17.1 Å². The van der Waals surface area contributed by atoms with Crippen LogP contribution in [0.5, 0.6) is 0 Å². The highest BCUT2D eigenvalue weighted by molar-refractivity contribution is 9.10. The Balaban J connectivity index is 2.23. The van der Waals surface area contributed by atoms with Crippen LogP contribution in [-0.4, -0.2) is 13.1 Å². The summed E-state index contributed by atoms with van der Waals surface area (Å²) in [5.74, 6) is -0.385. The topological polar surface area (TPSA) is 27.0 Å². The molecule has 0 radical (unpaired) electrons. The van der Waals surface area contributed by atoms with Crippen LogP contribution in [0.4, 0.5) is 10.1 Å². The Morgan fingerprint density at radius 1 is 1.45 bits per heavy atom. The second kappa shape index (κ2) is 6.38. The lowest BCUT2D eigenvalue weighted by Crippen LogP contribution is -2.31. The Morgan fingerprint density at radius 3 is 2.80 bits per heavy atom. The molecule has 0 N–H and O–H groups in total. The smallest absolute Gasteiger partial charge is 0.161 e. The number of nitriles is 1. The molecular weight excluding hydrogens is 339 g/mol. The highest BCUT2D eigenvalue weighted by Gasteiger charge is 2.18. The van der Waals surface area contributed by atoms with Gasteiger partial charge in [-0.1, -0.05) is 6.07 Å². The Hall–Kier alpha value is -1.38. The largest absolute Gasteiger partial charge is 0.369 e. The van der Waals surface area contributed by atoms with E-state index in [0.717, 1.165) is 6.42 Å². The average Bonchev–Trinajstić information content (AvgIpc) is 2.94. The van der Waals surface area contributed by atoms with Gasteiger partial charge in [-0.3, -0.25) is 0 Å². The van der Waals surface area contributed by atoms with Gasteiger partial charge in [0.05, 0.1) is 15.7 Å². The minimum Gasteiger partial charge on any atom is -0.369 e. The summed E-state index contributed by atoms with van der Waals surface area (Å²) in [5.41, 5.74) is 0.811. The molecule has 5 heteroatoms. The van der Waals surface area contributed by atoms with Crippen molar-refractivity contribution in [3.05, 3.63) is 50.4 Å². The van der Waals surface area contributed by atoms with Gasteiger partial charge in [-0.05, 0) is 46.4 Å². The summed E-state index contributed by atoms with van der Waals surface area (Å²) in [4.78, 5) is 3.18. The molecule has 1 aromatic carbocycles. The third kappa shape index (κ3) is 3.02. The summed E-state index contributed by atoms with van der Waals surface area (Å²) in [7, 11) is 1.87. The van der Waals surface area contributed by atoms with Gasteiger partial charge in [0.15, 0.2) is 5.82 Å². The molecule has 0 saturated heterocycles. The minimum atomic E-state index is -0.385. The van der Waals surface area contributed by atoms with Gasteiger partial charge >= 0.3 is 0 Å². The minimum absolute atomic E-state index is 0.169. The molecule has 104 valence electrons. The van der Waals surface area contributed by atoms with Gasteiger partial charge in [0.25, 0.3) is 0 Å². The maximum atomic E-state index is 14.3. The second-order valence-corrected chi connectivity index (χ2v) is 6.44. The van der Waals surface area contributed by atoms with Gasteiger partial charge in [0, 0.05) is 24.4 Å². The summed E-state index contributed by atoms with van der Waals surface area (Å²) in [6, 6.07) is 9.53. The molecule has 0 fully saturated rings. The van der Waals surface area contributed by atoms with Crippen LogP contribution in [0.25, 0.3) is 0 Å². The van der Waals surface area contributed by atoms with Gasteiger partial charge in [-0.15, -0.1) is 11.3 Å². The number of anilines is 1. The van der Waals surface area contributed by atoms with Crippen molar-refractivity contribution in [2.75, 3.05) is 11.9 Å². The van der Waals surface area contributed by atoms with E-state index in [1.807, 2.05) is 29.5 Å². The van der Waals surface area contributed by atoms with Gasteiger partial charge in [-0.25, -0.2) is 4.39 Å². The van der Waals surface area contributed by atoms with E-state index in [9.17, 15) is 4.39 Å². The molecule has 2 nitrogen and oxygen atoms in total. The summed E-state index contributed by atoms with van der Waals surface area (Å²) in [6.45, 7) is 2.06. The molecule has 0 aliphatic carbocycles. The van der Waals surface area contributed by atoms with Crippen molar-refractivity contribution in [2.24, 2.45) is 0 Å². The number of rotatable bonds is 4. The molecule has 0 spiro atoms. The molecule has 2 aromatic rings. The number of nitrogens with zero attached hydrogens (tertiary/aromatic N) is 2. The lowest BCUT2D eigenvalue weighted by atomic mass is 10.1. The fourth-order valence-corrected chi connectivity index (χ4v) is 3.24. The summed E-state index contributed by atoms with van der Waals surface area (Å²) < 4.78 is 14.5. The third-order valence-corrected chi connectivity index (χ3v) is 4.97. The van der Waals surface area contributed by atoms with E-state index in [4.69, 9.17) is 5.26 Å². The van der Waals surface area contributed by atoms with Crippen LogP contribution in [-0.2, 0) is 6.42 Å². The van der Waals surface area contributed by atoms with Gasteiger partial charge < -0.3 is 4.90 Å². The first-order valence-corrected chi connectivity index (χ1v) is 7.85. The molecule has 0 aliphatic rings. The number of hydrogen-bond acceptors (Lipinski definition) is 3. The predicted molar refractivity (Wildman–Crippen MR) is 84.7 cm³/mol. The third-order valence-electron chi connectivity index (χ3n) is 3.30. The van der Waals surface area contributed by atoms with Crippen molar-refractivity contribution in [1.82, 2.24) is 0 Å². The summed E-state index contributed by atoms with van der Waals surface area (Å²) in [6.07, 6.45) is 0.866. The standard InChI is InChI=1S/C15H14BrFN2S/c1-10(8-12-4-3-7-20-12)19(2)13-6-5-11(9-18)14(16)15(13)17/h3-7,10H,8H2,1-2H3. The molecular formula is C15H14BrFN2S. The van der Waals surface area contributed by atoms with Crippen LogP contribution in [0.15, 0.2) is 34.1 Å². The van der Waals surface area contributed by atoms with Gasteiger partial charge in [0.1, 0.15) is 6.07 Å². The van der Waals surface area contributed by atoms with E-state index in [1.165, 1.54) is 4.88 Å². The molecule has 0 saturated carbocycles. The predicted octanol–water partition coefficient (Wildman–Crippen LogP) is 4.59. The molecule has 1 heterocycles. The van der Waals surface area contributed by atoms with E-state index in [-0.39, 0.29) is 16.3 Å². The molecule has 20 heavy (non-hydrogen) atoms. The fraction of sp³-hybridized carbons (Fsp3) is 0.267. The number of benzene rings is 1. The molecule has 1 unspecified atom stereocenters. The van der Waals surface area contributed by atoms with Crippen LogP contribution in [0.1, 0.15) is 17.4 Å². The first kappa shape index (κ1) is 15.0. The maximum Gasteiger partial charge on any atom is 0.161 e. The van der Waals surface area contributed by atoms with Gasteiger partial charge in [-0.2, -0.15) is 5.26 Å². The maximum absolute atomic E-state index is 14.3. The highest BCUT2D eigenvalue weighted by atomic mass is 79.9. The van der Waals surface area contributed by atoms with Crippen molar-refractivity contribution in [3.8, 4) is 6.07 Å². The van der Waals surface area contributed by atoms with Crippen LogP contribution >= 0.6 is 27.3 Å². The molecule has 0 amide bonds. The van der Waals surface area contributed by atoms with Crippen molar-refractivity contribution in [1.29, 1.82) is 5.26 Å². The van der Waals surface area contributed by atoms with E-state index >= 15 is 0 Å². The number of thiophene rings is 1. The summed E-state index contributed by atoms with van der Waals surface area (Å²) in [5, 5.41) is 10.9. The van der Waals surface area contributed by atoms with E-state index in [1.54, 1.807) is 23.5 Å². The summed E-state index contributed by atoms with van der Waals surface area (Å²) >= 11 is 4.85. The molecule has 0 bridgehead atoms. The number of likely N-dealkylation sites (N-methyl/N-ethyl adjacent to an activating group) is 1. The van der Waals surface area contributed by atoms with Crippen molar-refractivity contribution in [2.45, 2.75) is 19.4 Å². The highest BCUT2D eigenvalue weighted by Crippen LogP contribution is 2.30. The SMILES string of the molecule is CC(Cc1cccs1)N(C)c1ccc(C#N)c(Br)c1F. The molecule has 2 rings (SSSR count). The number of halogens is 2. The van der Waals surface area contributed by atoms with E-state index < -0.39 is 0 Å². The number of hydrogen-bond donors (Lipinski definition) is 0. The zero-order valence-electron chi connectivity index (χ0n) is 11.2. The van der Waals surface area contributed by atoms with Crippen molar-refractivity contribution in [3.63, 3.8) is 0 Å². The van der Waals surface area contributed by atoms with Gasteiger partial charge in [0.2, 0.25) is 0 Å². The van der Waals surface area contributed by atoms with Crippen molar-refractivity contribution < 1.29 is 4.39 Å². The zero-order chi connectivity index (χ0) is 14.7. The van der Waals surface area contributed by atoms with E-state index in [0.29, 0.717) is 11.3 Å². The Morgan fingerprint density at radius 2 is 2.20 bits per heavy atom. The second-order valence-electron chi connectivity index (χ2n) is 4.62. The fourth-order valence-electron chi connectivity index (χ4n) is 1.99. The van der Waals surface area contributed by atoms with Crippen molar-refractivity contribution >= 4 is 33.0 Å². The zero-order valence-corrected chi connectivity index (χ0v) is 13.6. The van der Waals surface area contributed by atoms with E-state index in [2.05, 4.69) is 28.9 Å². The first-order valence-electron chi connectivity index (χ1n) is 6.18. The molecule has 1 aromatic heterocycles. The molecule has 1 atom stereocenters. The Labute approximate surface area is 130 Å². The Kier molecular flexibility index (Phi) is 4.79.